The summed E-state index contributed by atoms with van der Waals surface area (Å²) in [6.07, 6.45) is 0. The Morgan fingerprint density at radius 2 is 1.71 bits per heavy atom. The van der Waals surface area contributed by atoms with Crippen molar-refractivity contribution in [2.75, 3.05) is 10.6 Å². The standard InChI is InChI=1S/C14H10BrFN2O3/c15-8-5-6-12(10(16)7-8)18-14(21)17-11-4-2-1-3-9(11)13(19)20/h1-7H,(H,19,20)(H2,17,18,21). The van der Waals surface area contributed by atoms with Gasteiger partial charge in [-0.15, -0.1) is 0 Å². The van der Waals surface area contributed by atoms with E-state index in [-0.39, 0.29) is 16.9 Å². The molecule has 3 N–H and O–H groups in total. The lowest BCUT2D eigenvalue weighted by atomic mass is 10.2. The van der Waals surface area contributed by atoms with Crippen molar-refractivity contribution in [3.63, 3.8) is 0 Å². The largest absolute Gasteiger partial charge is 0.478 e. The Labute approximate surface area is 127 Å². The Morgan fingerprint density at radius 1 is 1.05 bits per heavy atom. The molecule has 0 aliphatic heterocycles. The van der Waals surface area contributed by atoms with Crippen molar-refractivity contribution >= 4 is 39.3 Å². The fourth-order valence-corrected chi connectivity index (χ4v) is 1.98. The molecule has 2 aromatic carbocycles. The van der Waals surface area contributed by atoms with Crippen LogP contribution in [-0.2, 0) is 0 Å². The van der Waals surface area contributed by atoms with Crippen molar-refractivity contribution in [1.82, 2.24) is 0 Å². The van der Waals surface area contributed by atoms with Crippen molar-refractivity contribution in [2.45, 2.75) is 0 Å². The zero-order valence-electron chi connectivity index (χ0n) is 10.6. The van der Waals surface area contributed by atoms with Gasteiger partial charge in [0, 0.05) is 4.47 Å². The number of carboxylic acids is 1. The summed E-state index contributed by atoms with van der Waals surface area (Å²) in [5.41, 5.74) is 0.0625. The number of nitrogens with one attached hydrogen (secondary N) is 2. The molecule has 0 heterocycles. The van der Waals surface area contributed by atoms with Crippen LogP contribution in [0.15, 0.2) is 46.9 Å². The Balaban J connectivity index is 2.14. The highest BCUT2D eigenvalue weighted by Crippen LogP contribution is 2.20. The number of urea groups is 1. The Hall–Kier alpha value is -2.41. The molecular formula is C14H10BrFN2O3. The van der Waals surface area contributed by atoms with Crippen LogP contribution >= 0.6 is 15.9 Å². The smallest absolute Gasteiger partial charge is 0.337 e. The van der Waals surface area contributed by atoms with Gasteiger partial charge in [0.25, 0.3) is 0 Å². The molecule has 0 atom stereocenters. The maximum absolute atomic E-state index is 13.6. The van der Waals surface area contributed by atoms with E-state index in [0.29, 0.717) is 4.47 Å². The van der Waals surface area contributed by atoms with Crippen LogP contribution < -0.4 is 10.6 Å². The molecule has 0 spiro atoms. The summed E-state index contributed by atoms with van der Waals surface area (Å²) in [5.74, 6) is -1.77. The van der Waals surface area contributed by atoms with Gasteiger partial charge in [-0.25, -0.2) is 14.0 Å². The lowest BCUT2D eigenvalue weighted by molar-refractivity contribution is 0.0698. The molecule has 0 fully saturated rings. The number of hydrogen-bond acceptors (Lipinski definition) is 2. The molecule has 0 radical (unpaired) electrons. The van der Waals surface area contributed by atoms with Crippen LogP contribution in [-0.4, -0.2) is 17.1 Å². The van der Waals surface area contributed by atoms with E-state index in [1.165, 1.54) is 24.3 Å². The highest BCUT2D eigenvalue weighted by molar-refractivity contribution is 9.10. The van der Waals surface area contributed by atoms with Gasteiger partial charge in [0.15, 0.2) is 0 Å². The number of anilines is 2. The monoisotopic (exact) mass is 352 g/mol. The quantitative estimate of drug-likeness (QED) is 0.782. The first-order chi connectivity index (χ1) is 9.97. The normalized spacial score (nSPS) is 10.0. The second-order valence-corrected chi connectivity index (χ2v) is 4.97. The number of halogens is 2. The lowest BCUT2D eigenvalue weighted by Crippen LogP contribution is -2.21. The first-order valence-electron chi connectivity index (χ1n) is 5.83. The van der Waals surface area contributed by atoms with E-state index in [0.717, 1.165) is 0 Å². The van der Waals surface area contributed by atoms with E-state index >= 15 is 0 Å². The van der Waals surface area contributed by atoms with Crippen LogP contribution in [0.4, 0.5) is 20.6 Å². The number of amides is 2. The van der Waals surface area contributed by atoms with Gasteiger partial charge >= 0.3 is 12.0 Å². The van der Waals surface area contributed by atoms with Crippen molar-refractivity contribution in [3.8, 4) is 0 Å². The number of rotatable bonds is 3. The zero-order chi connectivity index (χ0) is 15.4. The summed E-state index contributed by atoms with van der Waals surface area (Å²) >= 11 is 3.11. The van der Waals surface area contributed by atoms with E-state index in [2.05, 4.69) is 26.6 Å². The predicted molar refractivity (Wildman–Crippen MR) is 80.1 cm³/mol. The SMILES string of the molecule is O=C(Nc1ccc(Br)cc1F)Nc1ccccc1C(=O)O. The third-order valence-electron chi connectivity index (χ3n) is 2.59. The molecule has 21 heavy (non-hydrogen) atoms. The molecule has 108 valence electrons. The highest BCUT2D eigenvalue weighted by atomic mass is 79.9. The van der Waals surface area contributed by atoms with E-state index in [1.807, 2.05) is 0 Å². The molecular weight excluding hydrogens is 343 g/mol. The van der Waals surface area contributed by atoms with Crippen molar-refractivity contribution < 1.29 is 19.1 Å². The van der Waals surface area contributed by atoms with Crippen molar-refractivity contribution in [3.05, 3.63) is 58.3 Å². The average Bonchev–Trinajstić information content (AvgIpc) is 2.42. The van der Waals surface area contributed by atoms with Crippen LogP contribution in [0.25, 0.3) is 0 Å². The summed E-state index contributed by atoms with van der Waals surface area (Å²) in [4.78, 5) is 22.8. The number of carboxylic acid groups (broad SMARTS) is 1. The number of carbonyl (C=O) groups excluding carboxylic acids is 1. The molecule has 5 nitrogen and oxygen atoms in total. The third kappa shape index (κ3) is 3.79. The first kappa shape index (κ1) is 15.0. The summed E-state index contributed by atoms with van der Waals surface area (Å²) in [7, 11) is 0. The fourth-order valence-electron chi connectivity index (χ4n) is 1.65. The Kier molecular flexibility index (Phi) is 4.54. The van der Waals surface area contributed by atoms with Gasteiger partial charge in [-0.1, -0.05) is 28.1 Å². The molecule has 2 rings (SSSR count). The van der Waals surface area contributed by atoms with Gasteiger partial charge in [-0.05, 0) is 30.3 Å². The van der Waals surface area contributed by atoms with Crippen molar-refractivity contribution in [1.29, 1.82) is 0 Å². The molecule has 0 unspecified atom stereocenters. The second kappa shape index (κ2) is 6.36. The molecule has 0 saturated carbocycles. The van der Waals surface area contributed by atoms with Gasteiger partial charge in [0.05, 0.1) is 16.9 Å². The summed E-state index contributed by atoms with van der Waals surface area (Å²) < 4.78 is 14.1. The maximum Gasteiger partial charge on any atom is 0.337 e. The molecule has 0 aliphatic carbocycles. The highest BCUT2D eigenvalue weighted by Gasteiger charge is 2.12. The van der Waals surface area contributed by atoms with Crippen LogP contribution in [0.1, 0.15) is 10.4 Å². The minimum absolute atomic E-state index is 0.0106. The number of para-hydroxylation sites is 1. The molecule has 0 aromatic heterocycles. The Morgan fingerprint density at radius 3 is 2.38 bits per heavy atom. The molecule has 0 bridgehead atoms. The number of aromatic carboxylic acids is 1. The molecule has 7 heteroatoms. The van der Waals surface area contributed by atoms with E-state index in [1.54, 1.807) is 18.2 Å². The fraction of sp³-hybridized carbons (Fsp3) is 0. The van der Waals surface area contributed by atoms with Crippen molar-refractivity contribution in [2.24, 2.45) is 0 Å². The van der Waals surface area contributed by atoms with E-state index < -0.39 is 17.8 Å². The van der Waals surface area contributed by atoms with Gasteiger partial charge in [0.1, 0.15) is 5.82 Å². The second-order valence-electron chi connectivity index (χ2n) is 4.05. The third-order valence-corrected chi connectivity index (χ3v) is 3.08. The van der Waals surface area contributed by atoms with E-state index in [4.69, 9.17) is 5.11 Å². The summed E-state index contributed by atoms with van der Waals surface area (Å²) in [6.45, 7) is 0. The van der Waals surface area contributed by atoms with E-state index in [9.17, 15) is 14.0 Å². The Bertz CT molecular complexity index is 706. The zero-order valence-corrected chi connectivity index (χ0v) is 12.1. The summed E-state index contributed by atoms with van der Waals surface area (Å²) in [6, 6.07) is 9.37. The van der Waals surface area contributed by atoms with Gasteiger partial charge in [-0.2, -0.15) is 0 Å². The molecule has 2 aromatic rings. The number of hydrogen-bond donors (Lipinski definition) is 3. The molecule has 2 amide bonds. The number of benzene rings is 2. The van der Waals surface area contributed by atoms with Crippen LogP contribution in [0.2, 0.25) is 0 Å². The number of carbonyl (C=O) groups is 2. The van der Waals surface area contributed by atoms with Gasteiger partial charge in [-0.3, -0.25) is 0 Å². The van der Waals surface area contributed by atoms with Crippen LogP contribution in [0.3, 0.4) is 0 Å². The van der Waals surface area contributed by atoms with Crippen LogP contribution in [0, 0.1) is 5.82 Å². The van der Waals surface area contributed by atoms with Gasteiger partial charge in [0.2, 0.25) is 0 Å². The minimum Gasteiger partial charge on any atom is -0.478 e. The predicted octanol–water partition coefficient (Wildman–Crippen LogP) is 3.93. The topological polar surface area (TPSA) is 78.4 Å². The molecule has 0 saturated heterocycles. The van der Waals surface area contributed by atoms with Crippen LogP contribution in [0.5, 0.6) is 0 Å². The maximum atomic E-state index is 13.6. The lowest BCUT2D eigenvalue weighted by Gasteiger charge is -2.10. The van der Waals surface area contributed by atoms with Gasteiger partial charge < -0.3 is 15.7 Å². The average molecular weight is 353 g/mol. The first-order valence-corrected chi connectivity index (χ1v) is 6.62. The molecule has 0 aliphatic rings. The summed E-state index contributed by atoms with van der Waals surface area (Å²) in [5, 5.41) is 13.7. The minimum atomic E-state index is -1.17.